The van der Waals surface area contributed by atoms with E-state index < -0.39 is 11.7 Å². The van der Waals surface area contributed by atoms with Gasteiger partial charge in [-0.15, -0.1) is 0 Å². The molecule has 5 heteroatoms. The van der Waals surface area contributed by atoms with Gasteiger partial charge in [-0.1, -0.05) is 30.5 Å². The fourth-order valence-corrected chi connectivity index (χ4v) is 2.93. The first-order chi connectivity index (χ1) is 9.13. The summed E-state index contributed by atoms with van der Waals surface area (Å²) >= 11 is 5.88. The van der Waals surface area contributed by atoms with Crippen molar-refractivity contribution in [2.45, 2.75) is 31.7 Å². The Morgan fingerprint density at radius 3 is 2.74 bits per heavy atom. The van der Waals surface area contributed by atoms with Gasteiger partial charge in [-0.3, -0.25) is 4.79 Å². The lowest BCUT2D eigenvalue weighted by molar-refractivity contribution is 0.0920. The molecule has 0 spiro atoms. The van der Waals surface area contributed by atoms with E-state index in [1.807, 2.05) is 0 Å². The molecule has 3 nitrogen and oxygen atoms in total. The maximum absolute atomic E-state index is 13.7. The van der Waals surface area contributed by atoms with Gasteiger partial charge in [0.25, 0.3) is 5.91 Å². The van der Waals surface area contributed by atoms with Crippen molar-refractivity contribution in [2.24, 2.45) is 11.7 Å². The highest BCUT2D eigenvalue weighted by Crippen LogP contribution is 2.28. The van der Waals surface area contributed by atoms with Crippen molar-refractivity contribution < 1.29 is 9.18 Å². The van der Waals surface area contributed by atoms with Crippen LogP contribution >= 0.6 is 11.6 Å². The Morgan fingerprint density at radius 1 is 1.47 bits per heavy atom. The van der Waals surface area contributed by atoms with Gasteiger partial charge in [-0.05, 0) is 30.9 Å². The topological polar surface area (TPSA) is 55.1 Å². The molecule has 1 saturated carbocycles. The first-order valence-electron chi connectivity index (χ1n) is 6.58. The highest BCUT2D eigenvalue weighted by molar-refractivity contribution is 6.33. The van der Waals surface area contributed by atoms with Gasteiger partial charge in [0.05, 0.1) is 10.6 Å². The average molecular weight is 285 g/mol. The molecule has 0 aliphatic heterocycles. The Hall–Kier alpha value is -1.13. The molecule has 3 N–H and O–H groups in total. The number of nitrogens with one attached hydrogen (secondary N) is 1. The molecule has 0 radical (unpaired) electrons. The van der Waals surface area contributed by atoms with Crippen LogP contribution in [-0.4, -0.2) is 18.5 Å². The van der Waals surface area contributed by atoms with E-state index in [-0.39, 0.29) is 16.6 Å². The van der Waals surface area contributed by atoms with E-state index in [1.54, 1.807) is 0 Å². The molecule has 0 aromatic heterocycles. The summed E-state index contributed by atoms with van der Waals surface area (Å²) in [5.74, 6) is -0.697. The molecule has 1 aromatic carbocycles. The SMILES string of the molecule is NCC(NC(=O)c1c(F)cccc1Cl)C1CCCC1. The number of hydrogen-bond acceptors (Lipinski definition) is 2. The van der Waals surface area contributed by atoms with Crippen LogP contribution < -0.4 is 11.1 Å². The molecule has 1 amide bonds. The first kappa shape index (κ1) is 14.3. The number of benzene rings is 1. The minimum atomic E-state index is -0.604. The maximum Gasteiger partial charge on any atom is 0.256 e. The number of carbonyl (C=O) groups excluding carboxylic acids is 1. The van der Waals surface area contributed by atoms with Gasteiger partial charge < -0.3 is 11.1 Å². The van der Waals surface area contributed by atoms with Crippen LogP contribution in [0.25, 0.3) is 0 Å². The van der Waals surface area contributed by atoms with Crippen LogP contribution in [0.15, 0.2) is 18.2 Å². The van der Waals surface area contributed by atoms with Gasteiger partial charge in [0.15, 0.2) is 0 Å². The van der Waals surface area contributed by atoms with Gasteiger partial charge >= 0.3 is 0 Å². The molecule has 1 aliphatic rings. The summed E-state index contributed by atoms with van der Waals surface area (Å²) in [6.07, 6.45) is 4.45. The summed E-state index contributed by atoms with van der Waals surface area (Å²) in [6.45, 7) is 0.364. The molecular weight excluding hydrogens is 267 g/mol. The number of nitrogens with two attached hydrogens (primary N) is 1. The van der Waals surface area contributed by atoms with E-state index in [1.165, 1.54) is 18.2 Å². The molecule has 1 atom stereocenters. The van der Waals surface area contributed by atoms with E-state index in [2.05, 4.69) is 5.32 Å². The number of hydrogen-bond donors (Lipinski definition) is 2. The van der Waals surface area contributed by atoms with E-state index in [9.17, 15) is 9.18 Å². The van der Waals surface area contributed by atoms with Gasteiger partial charge in [0, 0.05) is 12.6 Å². The fourth-order valence-electron chi connectivity index (χ4n) is 2.68. The predicted octanol–water partition coefficient (Wildman–Crippen LogP) is 2.73. The van der Waals surface area contributed by atoms with Gasteiger partial charge in [0.1, 0.15) is 5.82 Å². The molecule has 104 valence electrons. The third-order valence-corrected chi connectivity index (χ3v) is 4.04. The lowest BCUT2D eigenvalue weighted by Gasteiger charge is -2.23. The van der Waals surface area contributed by atoms with Crippen molar-refractivity contribution >= 4 is 17.5 Å². The smallest absolute Gasteiger partial charge is 0.256 e. The van der Waals surface area contributed by atoms with Crippen LogP contribution in [0.2, 0.25) is 5.02 Å². The van der Waals surface area contributed by atoms with Gasteiger partial charge in [0.2, 0.25) is 0 Å². The zero-order valence-corrected chi connectivity index (χ0v) is 11.4. The van der Waals surface area contributed by atoms with Crippen molar-refractivity contribution in [1.29, 1.82) is 0 Å². The highest BCUT2D eigenvalue weighted by atomic mass is 35.5. The minimum absolute atomic E-state index is 0.0967. The van der Waals surface area contributed by atoms with Crippen LogP contribution in [0, 0.1) is 11.7 Å². The van der Waals surface area contributed by atoms with Gasteiger partial charge in [-0.25, -0.2) is 4.39 Å². The van der Waals surface area contributed by atoms with Crippen molar-refractivity contribution in [2.75, 3.05) is 6.54 Å². The lowest BCUT2D eigenvalue weighted by atomic mass is 9.98. The zero-order valence-electron chi connectivity index (χ0n) is 10.7. The second kappa shape index (κ2) is 6.35. The predicted molar refractivity (Wildman–Crippen MR) is 73.7 cm³/mol. The highest BCUT2D eigenvalue weighted by Gasteiger charge is 2.27. The Morgan fingerprint density at radius 2 is 2.16 bits per heavy atom. The monoisotopic (exact) mass is 284 g/mol. The van der Waals surface area contributed by atoms with Crippen LogP contribution in [0.4, 0.5) is 4.39 Å². The molecular formula is C14H18ClFN2O. The maximum atomic E-state index is 13.7. The third-order valence-electron chi connectivity index (χ3n) is 3.73. The van der Waals surface area contributed by atoms with Crippen LogP contribution in [0.5, 0.6) is 0 Å². The Labute approximate surface area is 117 Å². The quantitative estimate of drug-likeness (QED) is 0.893. The Balaban J connectivity index is 2.11. The van der Waals surface area contributed by atoms with Crippen molar-refractivity contribution in [1.82, 2.24) is 5.32 Å². The third kappa shape index (κ3) is 3.25. The van der Waals surface area contributed by atoms with Crippen molar-refractivity contribution in [3.05, 3.63) is 34.6 Å². The van der Waals surface area contributed by atoms with E-state index >= 15 is 0 Å². The normalized spacial score (nSPS) is 17.4. The first-order valence-corrected chi connectivity index (χ1v) is 6.96. The van der Waals surface area contributed by atoms with E-state index in [4.69, 9.17) is 17.3 Å². The molecule has 2 rings (SSSR count). The number of rotatable bonds is 4. The Bertz CT molecular complexity index is 441. The summed E-state index contributed by atoms with van der Waals surface area (Å²) in [4.78, 5) is 12.1. The second-order valence-electron chi connectivity index (χ2n) is 4.96. The molecule has 1 aromatic rings. The van der Waals surface area contributed by atoms with Crippen LogP contribution in [-0.2, 0) is 0 Å². The summed E-state index contributed by atoms with van der Waals surface area (Å²) in [6, 6.07) is 4.11. The minimum Gasteiger partial charge on any atom is -0.348 e. The molecule has 0 saturated heterocycles. The Kier molecular flexibility index (Phi) is 4.77. The zero-order chi connectivity index (χ0) is 13.8. The molecule has 1 aliphatic carbocycles. The van der Waals surface area contributed by atoms with Crippen molar-refractivity contribution in [3.63, 3.8) is 0 Å². The van der Waals surface area contributed by atoms with Crippen LogP contribution in [0.3, 0.4) is 0 Å². The standard InChI is InChI=1S/C14H18ClFN2O/c15-10-6-3-7-11(16)13(10)14(19)18-12(8-17)9-4-1-2-5-9/h3,6-7,9,12H,1-2,4-5,8,17H2,(H,18,19). The van der Waals surface area contributed by atoms with E-state index in [0.717, 1.165) is 25.7 Å². The van der Waals surface area contributed by atoms with Gasteiger partial charge in [-0.2, -0.15) is 0 Å². The molecule has 1 unspecified atom stereocenters. The summed E-state index contributed by atoms with van der Waals surface area (Å²) < 4.78 is 13.7. The fraction of sp³-hybridized carbons (Fsp3) is 0.500. The van der Waals surface area contributed by atoms with Crippen molar-refractivity contribution in [3.8, 4) is 0 Å². The van der Waals surface area contributed by atoms with E-state index in [0.29, 0.717) is 12.5 Å². The summed E-state index contributed by atoms with van der Waals surface area (Å²) in [5.41, 5.74) is 5.62. The molecule has 0 bridgehead atoms. The number of halogens is 2. The number of carbonyl (C=O) groups is 1. The lowest BCUT2D eigenvalue weighted by Crippen LogP contribution is -2.44. The molecule has 1 fully saturated rings. The number of amides is 1. The second-order valence-corrected chi connectivity index (χ2v) is 5.36. The molecule has 19 heavy (non-hydrogen) atoms. The largest absolute Gasteiger partial charge is 0.348 e. The average Bonchev–Trinajstić information content (AvgIpc) is 2.89. The summed E-state index contributed by atoms with van der Waals surface area (Å²) in [5, 5.41) is 2.94. The van der Waals surface area contributed by atoms with Crippen LogP contribution in [0.1, 0.15) is 36.0 Å². The molecule has 0 heterocycles. The summed E-state index contributed by atoms with van der Waals surface area (Å²) in [7, 11) is 0.